The van der Waals surface area contributed by atoms with Crippen LogP contribution in [0, 0.1) is 6.92 Å². The van der Waals surface area contributed by atoms with Crippen LogP contribution in [0.2, 0.25) is 0 Å². The fourth-order valence-corrected chi connectivity index (χ4v) is 1.36. The maximum absolute atomic E-state index is 5.86. The summed E-state index contributed by atoms with van der Waals surface area (Å²) in [7, 11) is 0. The fraction of sp³-hybridized carbons (Fsp3) is 0.111. The van der Waals surface area contributed by atoms with Gasteiger partial charge in [-0.15, -0.1) is 0 Å². The number of rotatable bonds is 1. The van der Waals surface area contributed by atoms with Gasteiger partial charge in [-0.05, 0) is 18.6 Å². The van der Waals surface area contributed by atoms with Gasteiger partial charge in [0.05, 0.1) is 5.03 Å². The van der Waals surface area contributed by atoms with E-state index in [0.29, 0.717) is 10.7 Å². The van der Waals surface area contributed by atoms with Gasteiger partial charge in [-0.3, -0.25) is 0 Å². The SMILES string of the molecule is Cc1cccc(N)c1/C(Cl)=C\N. The summed E-state index contributed by atoms with van der Waals surface area (Å²) < 4.78 is 0. The first-order valence-electron chi connectivity index (χ1n) is 3.59. The molecule has 3 heteroatoms. The van der Waals surface area contributed by atoms with Crippen LogP contribution in [0.25, 0.3) is 5.03 Å². The average molecular weight is 183 g/mol. The molecular formula is C9H11ClN2. The zero-order valence-corrected chi connectivity index (χ0v) is 7.60. The van der Waals surface area contributed by atoms with E-state index in [9.17, 15) is 0 Å². The van der Waals surface area contributed by atoms with Crippen molar-refractivity contribution in [3.63, 3.8) is 0 Å². The zero-order chi connectivity index (χ0) is 9.14. The Kier molecular flexibility index (Phi) is 2.61. The van der Waals surface area contributed by atoms with Crippen molar-refractivity contribution in [2.75, 3.05) is 5.73 Å². The first-order valence-corrected chi connectivity index (χ1v) is 3.97. The molecule has 1 aromatic carbocycles. The lowest BCUT2D eigenvalue weighted by Gasteiger charge is -2.06. The molecular weight excluding hydrogens is 172 g/mol. The Hall–Kier alpha value is -1.15. The van der Waals surface area contributed by atoms with E-state index in [1.54, 1.807) is 6.07 Å². The second-order valence-corrected chi connectivity index (χ2v) is 2.96. The Bertz CT molecular complexity index is 298. The molecule has 4 N–H and O–H groups in total. The minimum atomic E-state index is 0.491. The summed E-state index contributed by atoms with van der Waals surface area (Å²) in [5, 5.41) is 0.491. The maximum Gasteiger partial charge on any atom is 0.0656 e. The molecule has 0 spiro atoms. The highest BCUT2D eigenvalue weighted by atomic mass is 35.5. The minimum Gasteiger partial charge on any atom is -0.403 e. The van der Waals surface area contributed by atoms with Crippen LogP contribution in [-0.4, -0.2) is 0 Å². The zero-order valence-electron chi connectivity index (χ0n) is 6.84. The summed E-state index contributed by atoms with van der Waals surface area (Å²) in [6.45, 7) is 1.94. The monoisotopic (exact) mass is 182 g/mol. The summed E-state index contributed by atoms with van der Waals surface area (Å²) >= 11 is 5.86. The number of hydrogen-bond donors (Lipinski definition) is 2. The molecule has 0 radical (unpaired) electrons. The maximum atomic E-state index is 5.86. The molecule has 0 bridgehead atoms. The molecule has 0 saturated heterocycles. The summed E-state index contributed by atoms with van der Waals surface area (Å²) in [6, 6.07) is 5.63. The number of nitrogen functional groups attached to an aromatic ring is 1. The molecule has 0 unspecified atom stereocenters. The molecule has 1 aromatic rings. The molecule has 0 aromatic heterocycles. The summed E-state index contributed by atoms with van der Waals surface area (Å²) in [5.74, 6) is 0. The number of anilines is 1. The predicted molar refractivity (Wildman–Crippen MR) is 53.6 cm³/mol. The standard InChI is InChI=1S/C9H11ClN2/c1-6-3-2-4-8(12)9(6)7(10)5-11/h2-5H,11-12H2,1H3/b7-5+. The van der Waals surface area contributed by atoms with E-state index in [-0.39, 0.29) is 0 Å². The predicted octanol–water partition coefficient (Wildman–Crippen LogP) is 2.07. The van der Waals surface area contributed by atoms with E-state index in [2.05, 4.69) is 0 Å². The van der Waals surface area contributed by atoms with E-state index >= 15 is 0 Å². The number of benzene rings is 1. The Balaban J connectivity index is 3.31. The highest BCUT2D eigenvalue weighted by Gasteiger charge is 2.04. The van der Waals surface area contributed by atoms with Crippen LogP contribution in [0.3, 0.4) is 0 Å². The van der Waals surface area contributed by atoms with Gasteiger partial charge >= 0.3 is 0 Å². The molecule has 1 rings (SSSR count). The van der Waals surface area contributed by atoms with Crippen molar-refractivity contribution >= 4 is 22.3 Å². The fourth-order valence-electron chi connectivity index (χ4n) is 1.10. The van der Waals surface area contributed by atoms with Crippen molar-refractivity contribution in [3.05, 3.63) is 35.5 Å². The lowest BCUT2D eigenvalue weighted by atomic mass is 10.1. The number of nitrogens with two attached hydrogens (primary N) is 2. The molecule has 0 fully saturated rings. The van der Waals surface area contributed by atoms with Gasteiger partial charge in [-0.25, -0.2) is 0 Å². The molecule has 0 aliphatic heterocycles. The van der Waals surface area contributed by atoms with Crippen molar-refractivity contribution in [3.8, 4) is 0 Å². The Morgan fingerprint density at radius 2 is 2.17 bits per heavy atom. The Morgan fingerprint density at radius 1 is 1.50 bits per heavy atom. The molecule has 0 heterocycles. The van der Waals surface area contributed by atoms with Gasteiger partial charge in [0.15, 0.2) is 0 Å². The van der Waals surface area contributed by atoms with E-state index in [1.165, 1.54) is 6.20 Å². The Morgan fingerprint density at radius 3 is 2.67 bits per heavy atom. The van der Waals surface area contributed by atoms with Crippen LogP contribution in [-0.2, 0) is 0 Å². The second kappa shape index (κ2) is 3.50. The highest BCUT2D eigenvalue weighted by Crippen LogP contribution is 2.26. The van der Waals surface area contributed by atoms with E-state index < -0.39 is 0 Å². The third-order valence-electron chi connectivity index (χ3n) is 1.69. The molecule has 0 atom stereocenters. The van der Waals surface area contributed by atoms with Gasteiger partial charge < -0.3 is 11.5 Å². The van der Waals surface area contributed by atoms with Gasteiger partial charge in [0.25, 0.3) is 0 Å². The summed E-state index contributed by atoms with van der Waals surface area (Å²) in [6.07, 6.45) is 1.35. The largest absolute Gasteiger partial charge is 0.403 e. The first kappa shape index (κ1) is 8.94. The van der Waals surface area contributed by atoms with E-state index in [0.717, 1.165) is 11.1 Å². The number of aryl methyl sites for hydroxylation is 1. The average Bonchev–Trinajstić information content (AvgIpc) is 2.03. The third kappa shape index (κ3) is 1.53. The van der Waals surface area contributed by atoms with Crippen molar-refractivity contribution in [2.24, 2.45) is 5.73 Å². The number of hydrogen-bond acceptors (Lipinski definition) is 2. The topological polar surface area (TPSA) is 52.0 Å². The van der Waals surface area contributed by atoms with Crippen LogP contribution in [0.4, 0.5) is 5.69 Å². The van der Waals surface area contributed by atoms with Gasteiger partial charge in [-0.1, -0.05) is 23.7 Å². The number of halogens is 1. The van der Waals surface area contributed by atoms with Crippen molar-refractivity contribution in [1.82, 2.24) is 0 Å². The highest BCUT2D eigenvalue weighted by molar-refractivity contribution is 6.49. The summed E-state index contributed by atoms with van der Waals surface area (Å²) in [5.41, 5.74) is 13.5. The molecule has 12 heavy (non-hydrogen) atoms. The van der Waals surface area contributed by atoms with Gasteiger partial charge in [0.1, 0.15) is 0 Å². The van der Waals surface area contributed by atoms with Gasteiger partial charge in [0, 0.05) is 17.5 Å². The van der Waals surface area contributed by atoms with Crippen molar-refractivity contribution in [1.29, 1.82) is 0 Å². The lowest BCUT2D eigenvalue weighted by molar-refractivity contribution is 1.43. The van der Waals surface area contributed by atoms with E-state index in [4.69, 9.17) is 23.1 Å². The smallest absolute Gasteiger partial charge is 0.0656 e. The Labute approximate surface area is 76.8 Å². The van der Waals surface area contributed by atoms with Crippen molar-refractivity contribution in [2.45, 2.75) is 6.92 Å². The molecule has 0 aliphatic carbocycles. The van der Waals surface area contributed by atoms with Crippen LogP contribution in [0.1, 0.15) is 11.1 Å². The van der Waals surface area contributed by atoms with Crippen LogP contribution >= 0.6 is 11.6 Å². The van der Waals surface area contributed by atoms with Gasteiger partial charge in [-0.2, -0.15) is 0 Å². The molecule has 64 valence electrons. The first-order chi connectivity index (χ1) is 5.66. The second-order valence-electron chi connectivity index (χ2n) is 2.55. The van der Waals surface area contributed by atoms with Crippen LogP contribution in [0.15, 0.2) is 24.4 Å². The molecule has 0 aliphatic rings. The normalized spacial score (nSPS) is 11.7. The van der Waals surface area contributed by atoms with Crippen LogP contribution in [0.5, 0.6) is 0 Å². The molecule has 2 nitrogen and oxygen atoms in total. The van der Waals surface area contributed by atoms with Crippen molar-refractivity contribution < 1.29 is 0 Å². The van der Waals surface area contributed by atoms with Gasteiger partial charge in [0.2, 0.25) is 0 Å². The third-order valence-corrected chi connectivity index (χ3v) is 2.01. The molecule has 0 amide bonds. The van der Waals surface area contributed by atoms with Crippen LogP contribution < -0.4 is 11.5 Å². The minimum absolute atomic E-state index is 0.491. The quantitative estimate of drug-likeness (QED) is 0.654. The van der Waals surface area contributed by atoms with E-state index in [1.807, 2.05) is 19.1 Å². The summed E-state index contributed by atoms with van der Waals surface area (Å²) in [4.78, 5) is 0. The molecule has 0 saturated carbocycles. The lowest BCUT2D eigenvalue weighted by Crippen LogP contribution is -1.95.